The molecule has 0 N–H and O–H groups in total. The van der Waals surface area contributed by atoms with Crippen molar-refractivity contribution in [1.82, 2.24) is 14.8 Å². The number of piperidine rings is 1. The van der Waals surface area contributed by atoms with Crippen molar-refractivity contribution >= 4 is 15.7 Å². The Morgan fingerprint density at radius 1 is 1.28 bits per heavy atom. The number of aromatic nitrogens is 1. The fourth-order valence-corrected chi connectivity index (χ4v) is 5.59. The van der Waals surface area contributed by atoms with E-state index in [0.29, 0.717) is 12.3 Å². The van der Waals surface area contributed by atoms with Gasteiger partial charge in [-0.25, -0.2) is 8.42 Å². The summed E-state index contributed by atoms with van der Waals surface area (Å²) in [6, 6.07) is 5.99. The first-order chi connectivity index (χ1) is 11.9. The van der Waals surface area contributed by atoms with E-state index < -0.39 is 9.84 Å². The molecular weight excluding hydrogens is 338 g/mol. The standard InChI is InChI=1S/C18H27N3O3S/c1-20(10-7-16-4-2-3-9-19-16)18(22)15-5-11-21(12-6-15)17-8-13-25(23,24)14-17/h2-4,9,15,17H,5-8,10-14H2,1H3/t17-/m0/s1. The first-order valence-electron chi connectivity index (χ1n) is 9.04. The quantitative estimate of drug-likeness (QED) is 0.778. The molecule has 2 saturated heterocycles. The number of amides is 1. The van der Waals surface area contributed by atoms with E-state index in [9.17, 15) is 13.2 Å². The van der Waals surface area contributed by atoms with Crippen molar-refractivity contribution in [3.05, 3.63) is 30.1 Å². The third kappa shape index (κ3) is 4.79. The minimum absolute atomic E-state index is 0.0583. The Balaban J connectivity index is 1.45. The Bertz CT molecular complexity index is 685. The van der Waals surface area contributed by atoms with Crippen LogP contribution >= 0.6 is 0 Å². The highest BCUT2D eigenvalue weighted by molar-refractivity contribution is 7.91. The zero-order valence-electron chi connectivity index (χ0n) is 14.8. The molecule has 0 aliphatic carbocycles. The van der Waals surface area contributed by atoms with Gasteiger partial charge >= 0.3 is 0 Å². The summed E-state index contributed by atoms with van der Waals surface area (Å²) in [5.74, 6) is 0.861. The number of carbonyl (C=O) groups is 1. The van der Waals surface area contributed by atoms with Gasteiger partial charge in [-0.15, -0.1) is 0 Å². The van der Waals surface area contributed by atoms with Gasteiger partial charge in [0.15, 0.2) is 9.84 Å². The summed E-state index contributed by atoms with van der Waals surface area (Å²) in [6.07, 6.45) is 4.93. The maximum absolute atomic E-state index is 12.6. The molecule has 0 unspecified atom stereocenters. The fraction of sp³-hybridized carbons (Fsp3) is 0.667. The van der Waals surface area contributed by atoms with Gasteiger partial charge in [-0.05, 0) is 44.5 Å². The van der Waals surface area contributed by atoms with Crippen LogP contribution < -0.4 is 0 Å². The Morgan fingerprint density at radius 3 is 2.64 bits per heavy atom. The summed E-state index contributed by atoms with van der Waals surface area (Å²) in [4.78, 5) is 21.0. The Labute approximate surface area is 150 Å². The second-order valence-electron chi connectivity index (χ2n) is 7.20. The molecule has 0 radical (unpaired) electrons. The molecule has 1 amide bonds. The van der Waals surface area contributed by atoms with Crippen LogP contribution in [0, 0.1) is 5.92 Å². The molecule has 0 bridgehead atoms. The molecule has 25 heavy (non-hydrogen) atoms. The highest BCUT2D eigenvalue weighted by Crippen LogP contribution is 2.25. The van der Waals surface area contributed by atoms with Gasteiger partial charge < -0.3 is 4.90 Å². The normalized spacial score (nSPS) is 24.3. The highest BCUT2D eigenvalue weighted by Gasteiger charge is 2.35. The Hall–Kier alpha value is -1.47. The summed E-state index contributed by atoms with van der Waals surface area (Å²) in [5, 5.41) is 0. The largest absolute Gasteiger partial charge is 0.345 e. The molecule has 3 heterocycles. The molecule has 1 aromatic rings. The molecular formula is C18H27N3O3S. The lowest BCUT2D eigenvalue weighted by Gasteiger charge is -2.36. The van der Waals surface area contributed by atoms with E-state index in [2.05, 4.69) is 9.88 Å². The molecule has 3 rings (SSSR count). The Morgan fingerprint density at radius 2 is 2.04 bits per heavy atom. The number of nitrogens with zero attached hydrogens (tertiary/aromatic N) is 3. The van der Waals surface area contributed by atoms with Gasteiger partial charge in [-0.3, -0.25) is 14.7 Å². The number of rotatable bonds is 5. The molecule has 0 spiro atoms. The van der Waals surface area contributed by atoms with Crippen LogP contribution in [0.4, 0.5) is 0 Å². The van der Waals surface area contributed by atoms with Gasteiger partial charge in [0.1, 0.15) is 0 Å². The third-order valence-electron chi connectivity index (χ3n) is 5.41. The predicted octanol–water partition coefficient (Wildman–Crippen LogP) is 0.982. The number of carbonyl (C=O) groups excluding carboxylic acids is 1. The van der Waals surface area contributed by atoms with Gasteiger partial charge in [-0.1, -0.05) is 6.07 Å². The first kappa shape index (κ1) is 18.3. The molecule has 0 saturated carbocycles. The monoisotopic (exact) mass is 365 g/mol. The molecule has 6 nitrogen and oxygen atoms in total. The number of likely N-dealkylation sites (N-methyl/N-ethyl adjacent to an activating group) is 1. The van der Waals surface area contributed by atoms with E-state index in [4.69, 9.17) is 0 Å². The average molecular weight is 365 g/mol. The van der Waals surface area contributed by atoms with Crippen LogP contribution in [-0.4, -0.2) is 73.3 Å². The lowest BCUT2D eigenvalue weighted by molar-refractivity contribution is -0.135. The summed E-state index contributed by atoms with van der Waals surface area (Å²) in [6.45, 7) is 2.33. The van der Waals surface area contributed by atoms with Crippen LogP contribution in [0.15, 0.2) is 24.4 Å². The molecule has 2 aliphatic rings. The van der Waals surface area contributed by atoms with Crippen molar-refractivity contribution in [2.24, 2.45) is 5.92 Å². The van der Waals surface area contributed by atoms with Gasteiger partial charge in [0, 0.05) is 43.9 Å². The third-order valence-corrected chi connectivity index (χ3v) is 7.16. The van der Waals surface area contributed by atoms with Crippen molar-refractivity contribution in [2.75, 3.05) is 38.2 Å². The predicted molar refractivity (Wildman–Crippen MR) is 96.9 cm³/mol. The van der Waals surface area contributed by atoms with Crippen molar-refractivity contribution < 1.29 is 13.2 Å². The summed E-state index contributed by atoms with van der Waals surface area (Å²) in [5.41, 5.74) is 0.999. The maximum atomic E-state index is 12.6. The van der Waals surface area contributed by atoms with Gasteiger partial charge in [-0.2, -0.15) is 0 Å². The molecule has 7 heteroatoms. The summed E-state index contributed by atoms with van der Waals surface area (Å²) in [7, 11) is -0.982. The van der Waals surface area contributed by atoms with Crippen LogP contribution in [0.3, 0.4) is 0 Å². The SMILES string of the molecule is CN(CCc1ccccn1)C(=O)C1CCN([C@H]2CCS(=O)(=O)C2)CC1. The molecule has 2 aliphatic heterocycles. The van der Waals surface area contributed by atoms with Crippen LogP contribution in [0.25, 0.3) is 0 Å². The second kappa shape index (κ2) is 7.83. The summed E-state index contributed by atoms with van der Waals surface area (Å²) < 4.78 is 23.3. The fourth-order valence-electron chi connectivity index (χ4n) is 3.83. The van der Waals surface area contributed by atoms with E-state index in [-0.39, 0.29) is 23.6 Å². The summed E-state index contributed by atoms with van der Waals surface area (Å²) >= 11 is 0. The zero-order chi connectivity index (χ0) is 17.9. The van der Waals surface area contributed by atoms with Gasteiger partial charge in [0.2, 0.25) is 5.91 Å². The number of hydrogen-bond acceptors (Lipinski definition) is 5. The smallest absolute Gasteiger partial charge is 0.225 e. The minimum Gasteiger partial charge on any atom is -0.345 e. The van der Waals surface area contributed by atoms with Crippen molar-refractivity contribution in [3.63, 3.8) is 0 Å². The van der Waals surface area contributed by atoms with E-state index in [1.54, 1.807) is 6.20 Å². The van der Waals surface area contributed by atoms with Crippen molar-refractivity contribution in [1.29, 1.82) is 0 Å². The van der Waals surface area contributed by atoms with Gasteiger partial charge in [0.05, 0.1) is 11.5 Å². The van der Waals surface area contributed by atoms with E-state index in [1.165, 1.54) is 0 Å². The number of pyridine rings is 1. The van der Waals surface area contributed by atoms with Crippen LogP contribution in [-0.2, 0) is 21.1 Å². The molecule has 1 atom stereocenters. The zero-order valence-corrected chi connectivity index (χ0v) is 15.6. The van der Waals surface area contributed by atoms with E-state index in [0.717, 1.165) is 44.5 Å². The van der Waals surface area contributed by atoms with Crippen molar-refractivity contribution in [3.8, 4) is 0 Å². The number of hydrogen-bond donors (Lipinski definition) is 0. The topological polar surface area (TPSA) is 70.6 Å². The molecule has 138 valence electrons. The minimum atomic E-state index is -2.84. The Kier molecular flexibility index (Phi) is 5.74. The lowest BCUT2D eigenvalue weighted by atomic mass is 9.94. The van der Waals surface area contributed by atoms with E-state index >= 15 is 0 Å². The van der Waals surface area contributed by atoms with Crippen LogP contribution in [0.1, 0.15) is 25.0 Å². The lowest BCUT2D eigenvalue weighted by Crippen LogP contribution is -2.45. The van der Waals surface area contributed by atoms with Crippen molar-refractivity contribution in [2.45, 2.75) is 31.7 Å². The highest BCUT2D eigenvalue weighted by atomic mass is 32.2. The molecule has 2 fully saturated rings. The second-order valence-corrected chi connectivity index (χ2v) is 9.43. The molecule has 0 aromatic carbocycles. The van der Waals surface area contributed by atoms with Gasteiger partial charge in [0.25, 0.3) is 0 Å². The molecule has 1 aromatic heterocycles. The van der Waals surface area contributed by atoms with E-state index in [1.807, 2.05) is 30.1 Å². The first-order valence-corrected chi connectivity index (χ1v) is 10.9. The maximum Gasteiger partial charge on any atom is 0.225 e. The average Bonchev–Trinajstić information content (AvgIpc) is 3.00. The van der Waals surface area contributed by atoms with Crippen LogP contribution in [0.2, 0.25) is 0 Å². The number of sulfone groups is 1. The van der Waals surface area contributed by atoms with Crippen LogP contribution in [0.5, 0.6) is 0 Å². The number of likely N-dealkylation sites (tertiary alicyclic amines) is 1.